The van der Waals surface area contributed by atoms with Gasteiger partial charge in [0, 0.05) is 24.2 Å². The molecule has 0 amide bonds. The Hall–Kier alpha value is -2.01. The highest BCUT2D eigenvalue weighted by atomic mass is 19.1. The third-order valence-electron chi connectivity index (χ3n) is 2.90. The van der Waals surface area contributed by atoms with Crippen LogP contribution in [0.4, 0.5) is 8.78 Å². The molecule has 1 aromatic heterocycles. The number of aromatic nitrogens is 1. The van der Waals surface area contributed by atoms with Gasteiger partial charge in [-0.05, 0) is 43.7 Å². The molecule has 21 heavy (non-hydrogen) atoms. The lowest BCUT2D eigenvalue weighted by atomic mass is 10.1. The highest BCUT2D eigenvalue weighted by molar-refractivity contribution is 5.30. The summed E-state index contributed by atoms with van der Waals surface area (Å²) >= 11 is 0. The van der Waals surface area contributed by atoms with E-state index in [1.807, 2.05) is 19.9 Å². The molecule has 2 aromatic rings. The molecule has 3 nitrogen and oxygen atoms in total. The average molecular weight is 292 g/mol. The van der Waals surface area contributed by atoms with Gasteiger partial charge in [-0.1, -0.05) is 0 Å². The lowest BCUT2D eigenvalue weighted by Gasteiger charge is -2.13. The second-order valence-electron chi connectivity index (χ2n) is 5.15. The van der Waals surface area contributed by atoms with E-state index < -0.39 is 11.6 Å². The first-order valence-corrected chi connectivity index (χ1v) is 6.74. The van der Waals surface area contributed by atoms with Crippen molar-refractivity contribution in [2.24, 2.45) is 5.73 Å². The number of hydrogen-bond donors (Lipinski definition) is 1. The molecule has 0 radical (unpaired) electrons. The normalized spacial score (nSPS) is 12.2. The van der Waals surface area contributed by atoms with Crippen LogP contribution in [0.25, 0.3) is 0 Å². The van der Waals surface area contributed by atoms with Gasteiger partial charge in [0.1, 0.15) is 24.0 Å². The quantitative estimate of drug-likeness (QED) is 0.921. The number of nitrogens with two attached hydrogens (primary N) is 1. The molecule has 1 atom stereocenters. The molecular weight excluding hydrogens is 274 g/mol. The molecule has 112 valence electrons. The van der Waals surface area contributed by atoms with Gasteiger partial charge in [0.25, 0.3) is 0 Å². The van der Waals surface area contributed by atoms with E-state index in [1.165, 1.54) is 12.1 Å². The van der Waals surface area contributed by atoms with Crippen molar-refractivity contribution < 1.29 is 13.5 Å². The van der Waals surface area contributed by atoms with Gasteiger partial charge in [-0.3, -0.25) is 4.98 Å². The summed E-state index contributed by atoms with van der Waals surface area (Å²) in [5.41, 5.74) is 7.85. The van der Waals surface area contributed by atoms with Crippen LogP contribution in [0, 0.1) is 18.6 Å². The van der Waals surface area contributed by atoms with Crippen LogP contribution in [0.1, 0.15) is 23.9 Å². The summed E-state index contributed by atoms with van der Waals surface area (Å²) in [7, 11) is 0. The van der Waals surface area contributed by atoms with E-state index in [2.05, 4.69) is 4.98 Å². The zero-order valence-electron chi connectivity index (χ0n) is 12.1. The molecule has 0 saturated carbocycles. The molecule has 0 aliphatic rings. The topological polar surface area (TPSA) is 48.1 Å². The predicted molar refractivity (Wildman–Crippen MR) is 77.0 cm³/mol. The van der Waals surface area contributed by atoms with Crippen LogP contribution in [-0.2, 0) is 13.0 Å². The van der Waals surface area contributed by atoms with Crippen molar-refractivity contribution in [3.8, 4) is 5.75 Å². The fourth-order valence-corrected chi connectivity index (χ4v) is 2.04. The van der Waals surface area contributed by atoms with Crippen LogP contribution in [0.2, 0.25) is 0 Å². The summed E-state index contributed by atoms with van der Waals surface area (Å²) < 4.78 is 31.9. The molecule has 1 unspecified atom stereocenters. The van der Waals surface area contributed by atoms with Crippen LogP contribution in [0.5, 0.6) is 5.75 Å². The number of rotatable bonds is 5. The maximum Gasteiger partial charge on any atom is 0.141 e. The van der Waals surface area contributed by atoms with Crippen molar-refractivity contribution in [1.82, 2.24) is 4.98 Å². The van der Waals surface area contributed by atoms with E-state index in [0.717, 1.165) is 17.5 Å². The molecule has 0 spiro atoms. The van der Waals surface area contributed by atoms with Gasteiger partial charge in [0.2, 0.25) is 0 Å². The summed E-state index contributed by atoms with van der Waals surface area (Å²) in [4.78, 5) is 4.41. The third kappa shape index (κ3) is 4.49. The summed E-state index contributed by atoms with van der Waals surface area (Å²) in [6.45, 7) is 3.84. The Labute approximate surface area is 122 Å². The van der Waals surface area contributed by atoms with Crippen LogP contribution >= 0.6 is 0 Å². The molecule has 0 fully saturated rings. The summed E-state index contributed by atoms with van der Waals surface area (Å²) in [6.07, 6.45) is 0.578. The molecular formula is C16H18F2N2O. The molecule has 5 heteroatoms. The SMILES string of the molecule is Cc1ccc(OCc2cc(F)cc(F)c2)c(CC(C)N)n1. The standard InChI is InChI=1S/C16H18F2N2O/c1-10(19)5-15-16(4-3-11(2)20-15)21-9-12-6-13(17)8-14(18)7-12/h3-4,6-8,10H,5,9,19H2,1-2H3. The average Bonchev–Trinajstić information content (AvgIpc) is 2.36. The maximum atomic E-state index is 13.1. The lowest BCUT2D eigenvalue weighted by molar-refractivity contribution is 0.299. The van der Waals surface area contributed by atoms with Crippen molar-refractivity contribution in [3.63, 3.8) is 0 Å². The molecule has 0 saturated heterocycles. The third-order valence-corrected chi connectivity index (χ3v) is 2.90. The molecule has 0 bridgehead atoms. The smallest absolute Gasteiger partial charge is 0.141 e. The van der Waals surface area contributed by atoms with Gasteiger partial charge in [-0.25, -0.2) is 8.78 Å². The minimum Gasteiger partial charge on any atom is -0.487 e. The number of benzene rings is 1. The molecule has 2 N–H and O–H groups in total. The maximum absolute atomic E-state index is 13.1. The minimum atomic E-state index is -0.619. The molecule has 2 rings (SSSR count). The molecule has 1 heterocycles. The molecule has 1 aromatic carbocycles. The van der Waals surface area contributed by atoms with Gasteiger partial charge in [0.05, 0.1) is 5.69 Å². The van der Waals surface area contributed by atoms with Gasteiger partial charge >= 0.3 is 0 Å². The van der Waals surface area contributed by atoms with E-state index in [1.54, 1.807) is 6.07 Å². The number of halogens is 2. The Morgan fingerprint density at radius 2 is 1.86 bits per heavy atom. The van der Waals surface area contributed by atoms with E-state index in [0.29, 0.717) is 17.7 Å². The Morgan fingerprint density at radius 1 is 1.19 bits per heavy atom. The Morgan fingerprint density at radius 3 is 2.48 bits per heavy atom. The zero-order valence-corrected chi connectivity index (χ0v) is 12.1. The summed E-state index contributed by atoms with van der Waals surface area (Å²) in [5, 5.41) is 0. The summed E-state index contributed by atoms with van der Waals surface area (Å²) in [6, 6.07) is 6.90. The minimum absolute atomic E-state index is 0.0479. The number of aryl methyl sites for hydroxylation is 1. The molecule has 0 aliphatic heterocycles. The van der Waals surface area contributed by atoms with Crippen molar-refractivity contribution in [1.29, 1.82) is 0 Å². The van der Waals surface area contributed by atoms with Crippen molar-refractivity contribution >= 4 is 0 Å². The van der Waals surface area contributed by atoms with Crippen molar-refractivity contribution in [2.45, 2.75) is 32.9 Å². The monoisotopic (exact) mass is 292 g/mol. The van der Waals surface area contributed by atoms with Gasteiger partial charge < -0.3 is 10.5 Å². The molecule has 0 aliphatic carbocycles. The van der Waals surface area contributed by atoms with Gasteiger partial charge in [-0.15, -0.1) is 0 Å². The van der Waals surface area contributed by atoms with Crippen LogP contribution in [-0.4, -0.2) is 11.0 Å². The number of ether oxygens (including phenoxy) is 1. The zero-order chi connectivity index (χ0) is 15.4. The van der Waals surface area contributed by atoms with Gasteiger partial charge in [0.15, 0.2) is 0 Å². The van der Waals surface area contributed by atoms with Crippen LogP contribution < -0.4 is 10.5 Å². The van der Waals surface area contributed by atoms with E-state index in [-0.39, 0.29) is 12.6 Å². The number of pyridine rings is 1. The second-order valence-corrected chi connectivity index (χ2v) is 5.15. The van der Waals surface area contributed by atoms with E-state index >= 15 is 0 Å². The highest BCUT2D eigenvalue weighted by Crippen LogP contribution is 2.20. The van der Waals surface area contributed by atoms with Crippen LogP contribution in [0.3, 0.4) is 0 Å². The van der Waals surface area contributed by atoms with Crippen LogP contribution in [0.15, 0.2) is 30.3 Å². The Balaban J connectivity index is 2.15. The Kier molecular flexibility index (Phi) is 4.85. The van der Waals surface area contributed by atoms with Crippen molar-refractivity contribution in [3.05, 3.63) is 58.9 Å². The fourth-order valence-electron chi connectivity index (χ4n) is 2.04. The Bertz CT molecular complexity index is 609. The first kappa shape index (κ1) is 15.4. The van der Waals surface area contributed by atoms with E-state index in [9.17, 15) is 8.78 Å². The number of hydrogen-bond acceptors (Lipinski definition) is 3. The highest BCUT2D eigenvalue weighted by Gasteiger charge is 2.09. The van der Waals surface area contributed by atoms with Gasteiger partial charge in [-0.2, -0.15) is 0 Å². The van der Waals surface area contributed by atoms with E-state index in [4.69, 9.17) is 10.5 Å². The fraction of sp³-hybridized carbons (Fsp3) is 0.312. The first-order chi connectivity index (χ1) is 9.94. The lowest BCUT2D eigenvalue weighted by Crippen LogP contribution is -2.19. The second kappa shape index (κ2) is 6.63. The largest absolute Gasteiger partial charge is 0.487 e. The first-order valence-electron chi connectivity index (χ1n) is 6.74. The summed E-state index contributed by atoms with van der Waals surface area (Å²) in [5.74, 6) is -0.652. The predicted octanol–water partition coefficient (Wildman–Crippen LogP) is 3.14. The number of nitrogens with zero attached hydrogens (tertiary/aromatic N) is 1. The van der Waals surface area contributed by atoms with Crippen molar-refractivity contribution in [2.75, 3.05) is 0 Å².